The zero-order valence-electron chi connectivity index (χ0n) is 10.9. The number of para-hydroxylation sites is 1. The topological polar surface area (TPSA) is 66.0 Å². The Bertz CT molecular complexity index is 725. The molecule has 2 aromatic rings. The number of nitrogens with zero attached hydrogens (tertiary/aromatic N) is 1. The summed E-state index contributed by atoms with van der Waals surface area (Å²) in [4.78, 5) is 11.9. The second-order valence-electron chi connectivity index (χ2n) is 4.00. The van der Waals surface area contributed by atoms with Gasteiger partial charge in [-0.25, -0.2) is 4.39 Å². The lowest BCUT2D eigenvalue weighted by atomic mass is 10.2. The van der Waals surface area contributed by atoms with E-state index in [0.717, 1.165) is 0 Å². The summed E-state index contributed by atoms with van der Waals surface area (Å²) in [6.07, 6.45) is 5.96. The van der Waals surface area contributed by atoms with Gasteiger partial charge in [-0.3, -0.25) is 4.79 Å². The van der Waals surface area contributed by atoms with E-state index < -0.39 is 11.7 Å². The number of carbonyl (C=O) groups is 1. The van der Waals surface area contributed by atoms with E-state index in [1.54, 1.807) is 30.3 Å². The molecule has 21 heavy (non-hydrogen) atoms. The highest BCUT2D eigenvalue weighted by Crippen LogP contribution is 2.13. The number of allylic oxidation sites excluding steroid dienone is 2. The van der Waals surface area contributed by atoms with Gasteiger partial charge in [0.25, 0.3) is 5.91 Å². The van der Waals surface area contributed by atoms with E-state index in [4.69, 9.17) is 9.68 Å². The molecule has 5 heteroatoms. The van der Waals surface area contributed by atoms with Crippen molar-refractivity contribution in [2.24, 2.45) is 0 Å². The molecule has 1 aromatic heterocycles. The minimum Gasteiger partial charge on any atom is -0.465 e. The number of hydrogen-bond donors (Lipinski definition) is 1. The van der Waals surface area contributed by atoms with Crippen LogP contribution in [0.4, 0.5) is 10.1 Å². The zero-order chi connectivity index (χ0) is 15.1. The van der Waals surface area contributed by atoms with Gasteiger partial charge in [0.1, 0.15) is 23.2 Å². The average Bonchev–Trinajstić information content (AvgIpc) is 2.99. The maximum atomic E-state index is 13.4. The van der Waals surface area contributed by atoms with Crippen LogP contribution >= 0.6 is 0 Å². The Balaban J connectivity index is 2.09. The van der Waals surface area contributed by atoms with Crippen LogP contribution in [-0.2, 0) is 4.79 Å². The molecule has 0 spiro atoms. The zero-order valence-corrected chi connectivity index (χ0v) is 10.9. The second kappa shape index (κ2) is 6.87. The maximum Gasteiger partial charge on any atom is 0.266 e. The van der Waals surface area contributed by atoms with E-state index in [2.05, 4.69) is 5.32 Å². The number of hydrogen-bond acceptors (Lipinski definition) is 3. The van der Waals surface area contributed by atoms with Crippen molar-refractivity contribution in [2.75, 3.05) is 5.32 Å². The van der Waals surface area contributed by atoms with Crippen LogP contribution in [0.3, 0.4) is 0 Å². The van der Waals surface area contributed by atoms with Gasteiger partial charge < -0.3 is 9.73 Å². The monoisotopic (exact) mass is 282 g/mol. The van der Waals surface area contributed by atoms with Crippen molar-refractivity contribution in [2.45, 2.75) is 0 Å². The summed E-state index contributed by atoms with van der Waals surface area (Å²) < 4.78 is 18.5. The Kier molecular flexibility index (Phi) is 4.67. The lowest BCUT2D eigenvalue weighted by Gasteiger charge is -2.04. The SMILES string of the molecule is N#C/C(=C\C=C\c1ccco1)C(=O)Nc1ccccc1F. The standard InChI is InChI=1S/C16H11FN2O2/c17-14-8-1-2-9-15(14)19-16(20)12(11-18)5-3-6-13-7-4-10-21-13/h1-10H,(H,19,20)/b6-3+,12-5+. The normalized spacial score (nSPS) is 11.3. The van der Waals surface area contributed by atoms with E-state index in [1.807, 2.05) is 0 Å². The third-order valence-corrected chi connectivity index (χ3v) is 2.55. The summed E-state index contributed by atoms with van der Waals surface area (Å²) >= 11 is 0. The van der Waals surface area contributed by atoms with E-state index in [1.165, 1.54) is 36.6 Å². The van der Waals surface area contributed by atoms with Crippen LogP contribution in [0.5, 0.6) is 0 Å². The van der Waals surface area contributed by atoms with E-state index >= 15 is 0 Å². The van der Waals surface area contributed by atoms with Gasteiger partial charge in [0.2, 0.25) is 0 Å². The first-order valence-corrected chi connectivity index (χ1v) is 6.08. The summed E-state index contributed by atoms with van der Waals surface area (Å²) in [5, 5.41) is 11.3. The van der Waals surface area contributed by atoms with E-state index in [-0.39, 0.29) is 11.3 Å². The fourth-order valence-corrected chi connectivity index (χ4v) is 1.54. The molecule has 0 atom stereocenters. The van der Waals surface area contributed by atoms with Gasteiger partial charge in [-0.05, 0) is 36.4 Å². The van der Waals surface area contributed by atoms with Crippen LogP contribution in [0.15, 0.2) is 64.8 Å². The fraction of sp³-hybridized carbons (Fsp3) is 0. The Morgan fingerprint density at radius 2 is 2.10 bits per heavy atom. The molecule has 0 aliphatic heterocycles. The second-order valence-corrected chi connectivity index (χ2v) is 4.00. The lowest BCUT2D eigenvalue weighted by molar-refractivity contribution is -0.112. The number of nitriles is 1. The number of benzene rings is 1. The van der Waals surface area contributed by atoms with Gasteiger partial charge in [0.05, 0.1) is 12.0 Å². The average molecular weight is 282 g/mol. The van der Waals surface area contributed by atoms with Gasteiger partial charge in [0.15, 0.2) is 0 Å². The van der Waals surface area contributed by atoms with Gasteiger partial charge in [-0.1, -0.05) is 18.2 Å². The van der Waals surface area contributed by atoms with Gasteiger partial charge in [0, 0.05) is 0 Å². The molecule has 0 unspecified atom stereocenters. The van der Waals surface area contributed by atoms with Crippen LogP contribution in [-0.4, -0.2) is 5.91 Å². The van der Waals surface area contributed by atoms with Crippen molar-refractivity contribution in [3.8, 4) is 6.07 Å². The number of nitrogens with one attached hydrogen (secondary N) is 1. The minimum absolute atomic E-state index is 0.0265. The number of amides is 1. The van der Waals surface area contributed by atoms with Crippen LogP contribution in [0, 0.1) is 17.1 Å². The molecule has 0 radical (unpaired) electrons. The Morgan fingerprint density at radius 3 is 2.76 bits per heavy atom. The first-order valence-electron chi connectivity index (χ1n) is 6.08. The number of anilines is 1. The van der Waals surface area contributed by atoms with Crippen molar-refractivity contribution in [1.29, 1.82) is 5.26 Å². The molecule has 2 rings (SSSR count). The first kappa shape index (κ1) is 14.3. The molecule has 1 heterocycles. The third kappa shape index (κ3) is 3.91. The largest absolute Gasteiger partial charge is 0.465 e. The smallest absolute Gasteiger partial charge is 0.266 e. The van der Waals surface area contributed by atoms with Crippen molar-refractivity contribution in [3.05, 3.63) is 72.0 Å². The highest BCUT2D eigenvalue weighted by atomic mass is 19.1. The Morgan fingerprint density at radius 1 is 1.29 bits per heavy atom. The Hall–Kier alpha value is -3.13. The molecule has 0 aliphatic rings. The van der Waals surface area contributed by atoms with Crippen molar-refractivity contribution in [3.63, 3.8) is 0 Å². The van der Waals surface area contributed by atoms with Crippen molar-refractivity contribution >= 4 is 17.7 Å². The van der Waals surface area contributed by atoms with Gasteiger partial charge in [-0.15, -0.1) is 0 Å². The lowest BCUT2D eigenvalue weighted by Crippen LogP contribution is -2.14. The summed E-state index contributed by atoms with van der Waals surface area (Å²) in [5.74, 6) is -0.640. The fourth-order valence-electron chi connectivity index (χ4n) is 1.54. The molecule has 0 bridgehead atoms. The quantitative estimate of drug-likeness (QED) is 0.530. The van der Waals surface area contributed by atoms with Gasteiger partial charge >= 0.3 is 0 Å². The maximum absolute atomic E-state index is 13.4. The molecule has 0 fully saturated rings. The van der Waals surface area contributed by atoms with E-state index in [9.17, 15) is 9.18 Å². The summed E-state index contributed by atoms with van der Waals surface area (Å²) in [5.41, 5.74) is -0.111. The molecule has 1 aromatic carbocycles. The van der Waals surface area contributed by atoms with Crippen LogP contribution < -0.4 is 5.32 Å². The molecular weight excluding hydrogens is 271 g/mol. The molecule has 0 saturated heterocycles. The van der Waals surface area contributed by atoms with Crippen molar-refractivity contribution < 1.29 is 13.6 Å². The van der Waals surface area contributed by atoms with Crippen molar-refractivity contribution in [1.82, 2.24) is 0 Å². The number of furan rings is 1. The molecular formula is C16H11FN2O2. The minimum atomic E-state index is -0.674. The van der Waals surface area contributed by atoms with Crippen LogP contribution in [0.2, 0.25) is 0 Å². The molecule has 4 nitrogen and oxygen atoms in total. The third-order valence-electron chi connectivity index (χ3n) is 2.55. The first-order chi connectivity index (χ1) is 10.2. The summed E-state index contributed by atoms with van der Waals surface area (Å²) in [6, 6.07) is 11.0. The summed E-state index contributed by atoms with van der Waals surface area (Å²) in [6.45, 7) is 0. The highest BCUT2D eigenvalue weighted by Gasteiger charge is 2.10. The van der Waals surface area contributed by atoms with Gasteiger partial charge in [-0.2, -0.15) is 5.26 Å². The van der Waals surface area contributed by atoms with Crippen LogP contribution in [0.25, 0.3) is 6.08 Å². The Labute approximate surface area is 120 Å². The molecule has 1 amide bonds. The molecule has 0 saturated carbocycles. The van der Waals surface area contributed by atoms with Crippen LogP contribution in [0.1, 0.15) is 5.76 Å². The van der Waals surface area contributed by atoms with E-state index in [0.29, 0.717) is 5.76 Å². The molecule has 104 valence electrons. The highest BCUT2D eigenvalue weighted by molar-refractivity contribution is 6.06. The number of rotatable bonds is 4. The molecule has 0 aliphatic carbocycles. The molecule has 1 N–H and O–H groups in total. The predicted molar refractivity (Wildman–Crippen MR) is 76.5 cm³/mol. The predicted octanol–water partition coefficient (Wildman–Crippen LogP) is 3.52. The summed E-state index contributed by atoms with van der Waals surface area (Å²) in [7, 11) is 0. The number of halogens is 1. The number of carbonyl (C=O) groups excluding carboxylic acids is 1.